The highest BCUT2D eigenvalue weighted by Crippen LogP contribution is 2.44. The van der Waals surface area contributed by atoms with Gasteiger partial charge in [0.05, 0.1) is 19.8 Å². The number of ether oxygens (including phenoxy) is 2. The number of fused-ring (bicyclic) bond motifs is 1. The summed E-state index contributed by atoms with van der Waals surface area (Å²) in [5.41, 5.74) is -0.857. The van der Waals surface area contributed by atoms with Gasteiger partial charge in [-0.1, -0.05) is 11.6 Å². The summed E-state index contributed by atoms with van der Waals surface area (Å²) in [5, 5.41) is 14.1. The van der Waals surface area contributed by atoms with Crippen LogP contribution in [0.3, 0.4) is 0 Å². The summed E-state index contributed by atoms with van der Waals surface area (Å²) in [4.78, 5) is 16.5. The first-order valence-corrected chi connectivity index (χ1v) is 6.82. The number of anilines is 1. The molecule has 2 N–H and O–H groups in total. The minimum absolute atomic E-state index is 0.102. The molecule has 1 aromatic heterocycles. The smallest absolute Gasteiger partial charge is 0.266 e. The molecule has 1 atom stereocenters. The maximum absolute atomic E-state index is 12.4. The van der Waals surface area contributed by atoms with Crippen LogP contribution in [-0.2, 0) is 10.4 Å². The van der Waals surface area contributed by atoms with E-state index in [0.717, 1.165) is 0 Å². The standard InChI is InChI=1S/C15H13ClN2O4/c1-21-12-6-4-9(13(18-12)22-2)15(20)10-7-8(16)3-5-11(10)17-14(15)19/h3-7,20H,1-2H3,(H,17,19). The molecule has 1 amide bonds. The highest BCUT2D eigenvalue weighted by atomic mass is 35.5. The monoisotopic (exact) mass is 320 g/mol. The molecule has 0 spiro atoms. The molecular weight excluding hydrogens is 308 g/mol. The summed E-state index contributed by atoms with van der Waals surface area (Å²) in [5.74, 6) is -0.172. The Kier molecular flexibility index (Phi) is 3.42. The number of amides is 1. The van der Waals surface area contributed by atoms with Crippen LogP contribution in [0.5, 0.6) is 11.8 Å². The third-order valence-electron chi connectivity index (χ3n) is 3.58. The lowest BCUT2D eigenvalue weighted by Gasteiger charge is -2.23. The van der Waals surface area contributed by atoms with Crippen molar-refractivity contribution in [3.05, 3.63) is 46.5 Å². The predicted molar refractivity (Wildman–Crippen MR) is 80.4 cm³/mol. The van der Waals surface area contributed by atoms with Crippen LogP contribution in [0.15, 0.2) is 30.3 Å². The minimum Gasteiger partial charge on any atom is -0.481 e. The number of hydrogen-bond donors (Lipinski definition) is 2. The van der Waals surface area contributed by atoms with E-state index in [1.165, 1.54) is 14.2 Å². The summed E-state index contributed by atoms with van der Waals surface area (Å²) >= 11 is 5.99. The molecule has 114 valence electrons. The molecule has 0 saturated carbocycles. The van der Waals surface area contributed by atoms with Gasteiger partial charge in [-0.15, -0.1) is 0 Å². The number of carbonyl (C=O) groups excluding carboxylic acids is 1. The van der Waals surface area contributed by atoms with E-state index < -0.39 is 11.5 Å². The van der Waals surface area contributed by atoms with Gasteiger partial charge >= 0.3 is 0 Å². The van der Waals surface area contributed by atoms with E-state index in [-0.39, 0.29) is 11.4 Å². The summed E-state index contributed by atoms with van der Waals surface area (Å²) in [6.45, 7) is 0. The van der Waals surface area contributed by atoms with Crippen molar-refractivity contribution in [2.75, 3.05) is 19.5 Å². The number of benzene rings is 1. The number of aromatic nitrogens is 1. The van der Waals surface area contributed by atoms with Crippen molar-refractivity contribution in [3.63, 3.8) is 0 Å². The maximum Gasteiger partial charge on any atom is 0.266 e. The topological polar surface area (TPSA) is 80.7 Å². The molecule has 1 unspecified atom stereocenters. The summed E-state index contributed by atoms with van der Waals surface area (Å²) < 4.78 is 10.2. The Morgan fingerprint density at radius 3 is 2.64 bits per heavy atom. The Morgan fingerprint density at radius 2 is 1.95 bits per heavy atom. The first-order chi connectivity index (χ1) is 10.5. The van der Waals surface area contributed by atoms with E-state index in [4.69, 9.17) is 21.1 Å². The van der Waals surface area contributed by atoms with Gasteiger partial charge in [-0.05, 0) is 24.3 Å². The zero-order valence-corrected chi connectivity index (χ0v) is 12.6. The normalized spacial score (nSPS) is 19.5. The molecule has 6 nitrogen and oxygen atoms in total. The number of methoxy groups -OCH3 is 2. The number of hydrogen-bond acceptors (Lipinski definition) is 5. The van der Waals surface area contributed by atoms with E-state index in [1.807, 2.05) is 0 Å². The van der Waals surface area contributed by atoms with Crippen molar-refractivity contribution < 1.29 is 19.4 Å². The van der Waals surface area contributed by atoms with E-state index in [0.29, 0.717) is 22.2 Å². The second-order valence-corrected chi connectivity index (χ2v) is 5.20. The summed E-state index contributed by atoms with van der Waals surface area (Å²) in [7, 11) is 2.87. The first kappa shape index (κ1) is 14.6. The SMILES string of the molecule is COc1ccc(C2(O)C(=O)Nc3ccc(Cl)cc32)c(OC)n1. The number of pyridine rings is 1. The molecule has 1 aliphatic heterocycles. The van der Waals surface area contributed by atoms with Crippen molar-refractivity contribution in [1.29, 1.82) is 0 Å². The molecule has 2 heterocycles. The molecular formula is C15H13ClN2O4. The second-order valence-electron chi connectivity index (χ2n) is 4.76. The fourth-order valence-electron chi connectivity index (χ4n) is 2.50. The van der Waals surface area contributed by atoms with Crippen molar-refractivity contribution in [1.82, 2.24) is 4.98 Å². The van der Waals surface area contributed by atoms with E-state index in [9.17, 15) is 9.90 Å². The second kappa shape index (κ2) is 5.15. The van der Waals surface area contributed by atoms with Crippen LogP contribution in [-0.4, -0.2) is 30.2 Å². The average Bonchev–Trinajstić information content (AvgIpc) is 2.79. The van der Waals surface area contributed by atoms with Gasteiger partial charge in [-0.3, -0.25) is 4.79 Å². The molecule has 0 saturated heterocycles. The van der Waals surface area contributed by atoms with Crippen molar-refractivity contribution in [2.24, 2.45) is 0 Å². The van der Waals surface area contributed by atoms with E-state index >= 15 is 0 Å². The summed E-state index contributed by atoms with van der Waals surface area (Å²) in [6.07, 6.45) is 0. The van der Waals surface area contributed by atoms with Crippen molar-refractivity contribution in [2.45, 2.75) is 5.60 Å². The van der Waals surface area contributed by atoms with Gasteiger partial charge in [0.2, 0.25) is 17.4 Å². The van der Waals surface area contributed by atoms with Crippen LogP contribution >= 0.6 is 11.6 Å². The lowest BCUT2D eigenvalue weighted by Crippen LogP contribution is -2.36. The Hall–Kier alpha value is -2.31. The maximum atomic E-state index is 12.4. The van der Waals surface area contributed by atoms with Crippen LogP contribution < -0.4 is 14.8 Å². The summed E-state index contributed by atoms with van der Waals surface area (Å²) in [6, 6.07) is 7.90. The van der Waals surface area contributed by atoms with E-state index in [1.54, 1.807) is 30.3 Å². The lowest BCUT2D eigenvalue weighted by molar-refractivity contribution is -0.129. The van der Waals surface area contributed by atoms with Crippen molar-refractivity contribution >= 4 is 23.2 Å². The number of nitrogens with zero attached hydrogens (tertiary/aromatic N) is 1. The Bertz CT molecular complexity index is 765. The largest absolute Gasteiger partial charge is 0.481 e. The highest BCUT2D eigenvalue weighted by Gasteiger charge is 2.49. The molecule has 0 radical (unpaired) electrons. The van der Waals surface area contributed by atoms with Crippen LogP contribution in [0.25, 0.3) is 0 Å². The van der Waals surface area contributed by atoms with Crippen LogP contribution in [0.2, 0.25) is 5.02 Å². The molecule has 1 aliphatic rings. The van der Waals surface area contributed by atoms with Gasteiger partial charge in [0.1, 0.15) is 0 Å². The van der Waals surface area contributed by atoms with Crippen molar-refractivity contribution in [3.8, 4) is 11.8 Å². The molecule has 22 heavy (non-hydrogen) atoms. The molecule has 3 rings (SSSR count). The Balaban J connectivity index is 2.23. The zero-order valence-electron chi connectivity index (χ0n) is 11.9. The number of aliphatic hydroxyl groups is 1. The van der Waals surface area contributed by atoms with Gasteiger partial charge in [-0.2, -0.15) is 4.98 Å². The lowest BCUT2D eigenvalue weighted by atomic mass is 9.88. The van der Waals surface area contributed by atoms with Gasteiger partial charge < -0.3 is 19.9 Å². The van der Waals surface area contributed by atoms with E-state index in [2.05, 4.69) is 10.3 Å². The molecule has 7 heteroatoms. The number of nitrogens with one attached hydrogen (secondary N) is 1. The third-order valence-corrected chi connectivity index (χ3v) is 3.81. The van der Waals surface area contributed by atoms with Gasteiger partial charge in [0.15, 0.2) is 0 Å². The molecule has 2 aromatic rings. The predicted octanol–water partition coefficient (Wildman–Crippen LogP) is 1.94. The Labute approximate surface area is 131 Å². The number of halogens is 1. The molecule has 0 bridgehead atoms. The zero-order chi connectivity index (χ0) is 15.9. The molecule has 1 aromatic carbocycles. The third kappa shape index (κ3) is 2.00. The fourth-order valence-corrected chi connectivity index (χ4v) is 2.67. The number of rotatable bonds is 3. The van der Waals surface area contributed by atoms with Crippen LogP contribution in [0.1, 0.15) is 11.1 Å². The number of carbonyl (C=O) groups is 1. The van der Waals surface area contributed by atoms with Gasteiger partial charge in [0.25, 0.3) is 5.91 Å². The minimum atomic E-state index is -1.93. The first-order valence-electron chi connectivity index (χ1n) is 6.44. The van der Waals surface area contributed by atoms with Gasteiger partial charge in [0, 0.05) is 22.3 Å². The molecule has 0 fully saturated rings. The van der Waals surface area contributed by atoms with Crippen LogP contribution in [0.4, 0.5) is 5.69 Å². The highest BCUT2D eigenvalue weighted by molar-refractivity contribution is 6.31. The Morgan fingerprint density at radius 1 is 1.18 bits per heavy atom. The quantitative estimate of drug-likeness (QED) is 0.903. The van der Waals surface area contributed by atoms with Gasteiger partial charge in [-0.25, -0.2) is 0 Å². The average molecular weight is 321 g/mol. The molecule has 0 aliphatic carbocycles. The van der Waals surface area contributed by atoms with Crippen LogP contribution in [0, 0.1) is 0 Å². The fraction of sp³-hybridized carbons (Fsp3) is 0.200.